The summed E-state index contributed by atoms with van der Waals surface area (Å²) in [6, 6.07) is 3.32. The first-order valence-electron chi connectivity index (χ1n) is 4.56. The number of carbonyl (C=O) groups is 1. The Hall–Kier alpha value is -1.51. The van der Waals surface area contributed by atoms with Gasteiger partial charge < -0.3 is 9.67 Å². The third-order valence-corrected chi connectivity index (χ3v) is 2.31. The van der Waals surface area contributed by atoms with Crippen LogP contribution < -0.4 is 0 Å². The number of nitrogens with zero attached hydrogens (tertiary/aromatic N) is 1. The zero-order valence-electron chi connectivity index (χ0n) is 8.53. The summed E-state index contributed by atoms with van der Waals surface area (Å²) >= 11 is 0. The van der Waals surface area contributed by atoms with Crippen molar-refractivity contribution in [3.63, 3.8) is 0 Å². The Balaban J connectivity index is 3.10. The lowest BCUT2D eigenvalue weighted by atomic mass is 10.2. The van der Waals surface area contributed by atoms with Gasteiger partial charge in [0.1, 0.15) is 6.04 Å². The number of aromatic nitrogens is 1. The van der Waals surface area contributed by atoms with Gasteiger partial charge in [0.25, 0.3) is 0 Å². The summed E-state index contributed by atoms with van der Waals surface area (Å²) in [5, 5.41) is 9.06. The largest absolute Gasteiger partial charge is 0.480 e. The molecule has 0 bridgehead atoms. The predicted octanol–water partition coefficient (Wildman–Crippen LogP) is 2.31. The van der Waals surface area contributed by atoms with Crippen molar-refractivity contribution in [3.8, 4) is 0 Å². The van der Waals surface area contributed by atoms with Crippen molar-refractivity contribution in [2.24, 2.45) is 0 Å². The molecule has 76 valence electrons. The fourth-order valence-electron chi connectivity index (χ4n) is 1.65. The van der Waals surface area contributed by atoms with Crippen LogP contribution in [0.3, 0.4) is 0 Å². The molecule has 1 aromatic heterocycles. The van der Waals surface area contributed by atoms with E-state index in [9.17, 15) is 4.79 Å². The summed E-state index contributed by atoms with van der Waals surface area (Å²) < 4.78 is 1.82. The van der Waals surface area contributed by atoms with Crippen LogP contribution in [0, 0.1) is 13.8 Å². The van der Waals surface area contributed by atoms with Crippen LogP contribution in [-0.2, 0) is 4.79 Å². The minimum Gasteiger partial charge on any atom is -0.480 e. The highest BCUT2D eigenvalue weighted by atomic mass is 16.4. The first-order chi connectivity index (χ1) is 6.57. The average molecular weight is 193 g/mol. The Bertz CT molecular complexity index is 333. The zero-order valence-corrected chi connectivity index (χ0v) is 8.53. The first kappa shape index (κ1) is 10.6. The minimum atomic E-state index is -0.813. The third-order valence-electron chi connectivity index (χ3n) is 2.31. The van der Waals surface area contributed by atoms with Crippen LogP contribution in [0.4, 0.5) is 0 Å². The second-order valence-electron chi connectivity index (χ2n) is 3.36. The molecular weight excluding hydrogens is 178 g/mol. The van der Waals surface area contributed by atoms with Gasteiger partial charge in [0, 0.05) is 11.4 Å². The number of carboxylic acids is 1. The standard InChI is InChI=1S/C11H15NO2/c1-4-5-10(11(13)14)12-8(2)6-7-9(12)3/h4,6-7,10H,1,5H2,2-3H3,(H,13,14). The Morgan fingerprint density at radius 2 is 2.07 bits per heavy atom. The van der Waals surface area contributed by atoms with E-state index in [-0.39, 0.29) is 0 Å². The molecule has 1 atom stereocenters. The van der Waals surface area contributed by atoms with E-state index in [0.717, 1.165) is 11.4 Å². The quantitative estimate of drug-likeness (QED) is 0.745. The minimum absolute atomic E-state index is 0.450. The molecule has 1 N–H and O–H groups in total. The number of aryl methyl sites for hydroxylation is 2. The number of carboxylic acid groups (broad SMARTS) is 1. The van der Waals surface area contributed by atoms with E-state index in [1.54, 1.807) is 6.08 Å². The number of aliphatic carboxylic acids is 1. The van der Waals surface area contributed by atoms with Gasteiger partial charge in [0.05, 0.1) is 0 Å². The summed E-state index contributed by atoms with van der Waals surface area (Å²) in [7, 11) is 0. The van der Waals surface area contributed by atoms with Gasteiger partial charge in [-0.25, -0.2) is 4.79 Å². The lowest BCUT2D eigenvalue weighted by Gasteiger charge is -2.16. The molecule has 0 aliphatic heterocycles. The number of rotatable bonds is 4. The Labute approximate surface area is 83.7 Å². The fourth-order valence-corrected chi connectivity index (χ4v) is 1.65. The molecule has 0 aliphatic carbocycles. The molecule has 0 radical (unpaired) electrons. The zero-order chi connectivity index (χ0) is 10.7. The molecule has 0 saturated carbocycles. The molecule has 3 nitrogen and oxygen atoms in total. The molecule has 1 aromatic rings. The fraction of sp³-hybridized carbons (Fsp3) is 0.364. The molecule has 0 spiro atoms. The second kappa shape index (κ2) is 4.13. The van der Waals surface area contributed by atoms with Crippen LogP contribution in [-0.4, -0.2) is 15.6 Å². The highest BCUT2D eigenvalue weighted by Gasteiger charge is 2.19. The first-order valence-corrected chi connectivity index (χ1v) is 4.56. The molecule has 0 fully saturated rings. The molecule has 0 saturated heterocycles. The van der Waals surface area contributed by atoms with Gasteiger partial charge in [-0.2, -0.15) is 0 Å². The van der Waals surface area contributed by atoms with Gasteiger partial charge in [-0.1, -0.05) is 6.08 Å². The van der Waals surface area contributed by atoms with E-state index in [1.807, 2.05) is 30.5 Å². The Morgan fingerprint density at radius 3 is 2.43 bits per heavy atom. The lowest BCUT2D eigenvalue weighted by Crippen LogP contribution is -2.20. The average Bonchev–Trinajstić information content (AvgIpc) is 2.43. The highest BCUT2D eigenvalue weighted by Crippen LogP contribution is 2.19. The van der Waals surface area contributed by atoms with E-state index in [1.165, 1.54) is 0 Å². The number of allylic oxidation sites excluding steroid dienone is 1. The van der Waals surface area contributed by atoms with Crippen LogP contribution in [0.25, 0.3) is 0 Å². The maximum atomic E-state index is 11.0. The van der Waals surface area contributed by atoms with E-state index in [4.69, 9.17) is 5.11 Å². The summed E-state index contributed by atoms with van der Waals surface area (Å²) in [6.45, 7) is 7.39. The molecule has 1 unspecified atom stereocenters. The van der Waals surface area contributed by atoms with Gasteiger partial charge in [-0.15, -0.1) is 6.58 Å². The molecule has 0 aliphatic rings. The van der Waals surface area contributed by atoms with Crippen molar-refractivity contribution in [1.82, 2.24) is 4.57 Å². The summed E-state index contributed by atoms with van der Waals surface area (Å²) in [5.41, 5.74) is 1.94. The topological polar surface area (TPSA) is 42.2 Å². The molecule has 1 heterocycles. The van der Waals surface area contributed by atoms with E-state index in [2.05, 4.69) is 6.58 Å². The van der Waals surface area contributed by atoms with Crippen molar-refractivity contribution in [2.75, 3.05) is 0 Å². The Morgan fingerprint density at radius 1 is 1.57 bits per heavy atom. The number of hydrogen-bond acceptors (Lipinski definition) is 1. The maximum Gasteiger partial charge on any atom is 0.326 e. The van der Waals surface area contributed by atoms with Gasteiger partial charge >= 0.3 is 5.97 Å². The van der Waals surface area contributed by atoms with Gasteiger partial charge in [0.15, 0.2) is 0 Å². The summed E-state index contributed by atoms with van der Waals surface area (Å²) in [5.74, 6) is -0.813. The van der Waals surface area contributed by atoms with Crippen molar-refractivity contribution in [2.45, 2.75) is 26.3 Å². The number of hydrogen-bond donors (Lipinski definition) is 1. The second-order valence-corrected chi connectivity index (χ2v) is 3.36. The van der Waals surface area contributed by atoms with Crippen LogP contribution in [0.2, 0.25) is 0 Å². The van der Waals surface area contributed by atoms with E-state index in [0.29, 0.717) is 6.42 Å². The molecule has 14 heavy (non-hydrogen) atoms. The van der Waals surface area contributed by atoms with Crippen molar-refractivity contribution in [3.05, 3.63) is 36.2 Å². The smallest absolute Gasteiger partial charge is 0.326 e. The maximum absolute atomic E-state index is 11.0. The van der Waals surface area contributed by atoms with Crippen LogP contribution in [0.5, 0.6) is 0 Å². The summed E-state index contributed by atoms with van der Waals surface area (Å²) in [4.78, 5) is 11.0. The lowest BCUT2D eigenvalue weighted by molar-refractivity contribution is -0.140. The van der Waals surface area contributed by atoms with Crippen molar-refractivity contribution < 1.29 is 9.90 Å². The molecule has 1 rings (SSSR count). The SMILES string of the molecule is C=CCC(C(=O)O)n1c(C)ccc1C. The van der Waals surface area contributed by atoms with Crippen LogP contribution in [0.1, 0.15) is 23.9 Å². The molecular formula is C11H15NO2. The Kier molecular flexibility index (Phi) is 3.12. The van der Waals surface area contributed by atoms with E-state index >= 15 is 0 Å². The predicted molar refractivity (Wildman–Crippen MR) is 55.4 cm³/mol. The highest BCUT2D eigenvalue weighted by molar-refractivity contribution is 5.72. The molecule has 0 aromatic carbocycles. The van der Waals surface area contributed by atoms with Gasteiger partial charge in [-0.3, -0.25) is 0 Å². The van der Waals surface area contributed by atoms with Crippen LogP contribution in [0.15, 0.2) is 24.8 Å². The third kappa shape index (κ3) is 1.87. The molecule has 0 amide bonds. The van der Waals surface area contributed by atoms with Crippen LogP contribution >= 0.6 is 0 Å². The van der Waals surface area contributed by atoms with Gasteiger partial charge in [-0.05, 0) is 32.4 Å². The van der Waals surface area contributed by atoms with E-state index < -0.39 is 12.0 Å². The van der Waals surface area contributed by atoms with Gasteiger partial charge in [0.2, 0.25) is 0 Å². The summed E-state index contributed by atoms with van der Waals surface area (Å²) in [6.07, 6.45) is 2.09. The van der Waals surface area contributed by atoms with Crippen molar-refractivity contribution in [1.29, 1.82) is 0 Å². The molecule has 3 heteroatoms. The van der Waals surface area contributed by atoms with Crippen molar-refractivity contribution >= 4 is 5.97 Å². The normalized spacial score (nSPS) is 12.4. The monoisotopic (exact) mass is 193 g/mol.